The maximum absolute atomic E-state index is 10.7. The van der Waals surface area contributed by atoms with Gasteiger partial charge in [0.15, 0.2) is 16.6 Å². The maximum Gasteiger partial charge on any atom is 0.187 e. The predicted molar refractivity (Wildman–Crippen MR) is 75.8 cm³/mol. The summed E-state index contributed by atoms with van der Waals surface area (Å²) in [5.74, 6) is 0. The summed E-state index contributed by atoms with van der Waals surface area (Å²) in [6, 6.07) is 8.33. The lowest BCUT2D eigenvalue weighted by Crippen LogP contribution is -2.15. The fourth-order valence-corrected chi connectivity index (χ4v) is 2.60. The van der Waals surface area contributed by atoms with Crippen molar-refractivity contribution in [2.24, 2.45) is 0 Å². The number of carbonyl (C=O) groups excluding carboxylic acids is 1. The van der Waals surface area contributed by atoms with Crippen molar-refractivity contribution >= 4 is 34.4 Å². The zero-order chi connectivity index (χ0) is 13.1. The van der Waals surface area contributed by atoms with E-state index >= 15 is 0 Å². The maximum atomic E-state index is 10.7. The van der Waals surface area contributed by atoms with Gasteiger partial charge in [0.05, 0.1) is 0 Å². The average Bonchev–Trinajstić information content (AvgIpc) is 2.73. The Morgan fingerprint density at radius 1 is 1.39 bits per heavy atom. The first-order valence-electron chi connectivity index (χ1n) is 5.48. The Balaban J connectivity index is 2.13. The summed E-state index contributed by atoms with van der Waals surface area (Å²) in [4.78, 5) is 17.4. The van der Waals surface area contributed by atoms with Gasteiger partial charge >= 0.3 is 0 Å². The molecule has 1 aromatic carbocycles. The molecule has 1 aromatic heterocycles. The van der Waals surface area contributed by atoms with Crippen molar-refractivity contribution in [3.63, 3.8) is 0 Å². The van der Waals surface area contributed by atoms with Gasteiger partial charge in [-0.2, -0.15) is 0 Å². The Labute approximate surface area is 115 Å². The molecular formula is C13H13ClN2OS. The second-order valence-electron chi connectivity index (χ2n) is 4.11. The third-order valence-electron chi connectivity index (χ3n) is 2.57. The van der Waals surface area contributed by atoms with Gasteiger partial charge in [-0.1, -0.05) is 52.8 Å². The number of benzene rings is 1. The predicted octanol–water partition coefficient (Wildman–Crippen LogP) is 3.55. The molecule has 0 radical (unpaired) electrons. The molecule has 94 valence electrons. The lowest BCUT2D eigenvalue weighted by Gasteiger charge is -2.15. The highest BCUT2D eigenvalue weighted by Crippen LogP contribution is 2.28. The molecule has 0 saturated heterocycles. The first-order valence-corrected chi connectivity index (χ1v) is 6.68. The number of hydrogen-bond acceptors (Lipinski definition) is 4. The van der Waals surface area contributed by atoms with Crippen LogP contribution >= 0.6 is 22.9 Å². The number of carbonyl (C=O) groups is 1. The van der Waals surface area contributed by atoms with E-state index in [4.69, 9.17) is 11.6 Å². The Morgan fingerprint density at radius 2 is 2.06 bits per heavy atom. The SMILES string of the molecule is Cc1ccc(CN(C)c2nc(Cl)c(C=O)s2)cc1. The standard InChI is InChI=1S/C13H13ClN2OS/c1-9-3-5-10(6-4-9)7-16(2)13-15-12(14)11(8-17)18-13/h3-6,8H,7H2,1-2H3. The Hall–Kier alpha value is -1.39. The van der Waals surface area contributed by atoms with E-state index in [1.54, 1.807) is 0 Å². The number of nitrogens with zero attached hydrogens (tertiary/aromatic N) is 2. The summed E-state index contributed by atoms with van der Waals surface area (Å²) in [6.45, 7) is 2.80. The Morgan fingerprint density at radius 3 is 2.61 bits per heavy atom. The van der Waals surface area contributed by atoms with Crippen LogP contribution < -0.4 is 4.90 Å². The van der Waals surface area contributed by atoms with Crippen molar-refractivity contribution in [1.82, 2.24) is 4.98 Å². The van der Waals surface area contributed by atoms with Gasteiger partial charge in [0.2, 0.25) is 0 Å². The third-order valence-corrected chi connectivity index (χ3v) is 4.07. The summed E-state index contributed by atoms with van der Waals surface area (Å²) in [5, 5.41) is 1.03. The molecule has 0 aliphatic carbocycles. The zero-order valence-corrected chi connectivity index (χ0v) is 11.8. The lowest BCUT2D eigenvalue weighted by atomic mass is 10.1. The fourth-order valence-electron chi connectivity index (χ4n) is 1.57. The largest absolute Gasteiger partial charge is 0.347 e. The second-order valence-corrected chi connectivity index (χ2v) is 5.48. The highest BCUT2D eigenvalue weighted by atomic mass is 35.5. The van der Waals surface area contributed by atoms with Crippen molar-refractivity contribution in [1.29, 1.82) is 0 Å². The minimum atomic E-state index is 0.278. The smallest absolute Gasteiger partial charge is 0.187 e. The number of halogens is 1. The molecular weight excluding hydrogens is 268 g/mol. The molecule has 3 nitrogen and oxygen atoms in total. The summed E-state index contributed by atoms with van der Waals surface area (Å²) in [7, 11) is 1.93. The molecule has 0 N–H and O–H groups in total. The number of aldehydes is 1. The van der Waals surface area contributed by atoms with Crippen LogP contribution in [0.4, 0.5) is 5.13 Å². The minimum Gasteiger partial charge on any atom is -0.347 e. The van der Waals surface area contributed by atoms with Crippen molar-refractivity contribution in [2.45, 2.75) is 13.5 Å². The van der Waals surface area contributed by atoms with Crippen molar-refractivity contribution in [2.75, 3.05) is 11.9 Å². The molecule has 0 saturated carbocycles. The molecule has 0 aliphatic heterocycles. The van der Waals surface area contributed by atoms with Crippen molar-refractivity contribution in [3.05, 3.63) is 45.4 Å². The van der Waals surface area contributed by atoms with E-state index in [-0.39, 0.29) is 5.15 Å². The second kappa shape index (κ2) is 5.50. The quantitative estimate of drug-likeness (QED) is 0.803. The van der Waals surface area contributed by atoms with E-state index in [0.717, 1.165) is 18.0 Å². The van der Waals surface area contributed by atoms with Crippen molar-refractivity contribution in [3.8, 4) is 0 Å². The molecule has 1 heterocycles. The molecule has 2 aromatic rings. The van der Waals surface area contributed by atoms with Crippen LogP contribution in [-0.4, -0.2) is 18.3 Å². The minimum absolute atomic E-state index is 0.278. The Bertz CT molecular complexity index is 551. The highest BCUT2D eigenvalue weighted by molar-refractivity contribution is 7.17. The summed E-state index contributed by atoms with van der Waals surface area (Å²) in [5.41, 5.74) is 2.43. The number of anilines is 1. The Kier molecular flexibility index (Phi) is 3.99. The molecule has 0 aliphatic rings. The monoisotopic (exact) mass is 280 g/mol. The summed E-state index contributed by atoms with van der Waals surface area (Å²) in [6.07, 6.45) is 0.739. The van der Waals surface area contributed by atoms with Gasteiger partial charge in [0.1, 0.15) is 4.88 Å². The van der Waals surface area contributed by atoms with Gasteiger partial charge in [0.25, 0.3) is 0 Å². The molecule has 0 fully saturated rings. The number of aryl methyl sites for hydroxylation is 1. The van der Waals surface area contributed by atoms with Gasteiger partial charge < -0.3 is 4.90 Å². The van der Waals surface area contributed by atoms with E-state index < -0.39 is 0 Å². The molecule has 0 bridgehead atoms. The molecule has 5 heteroatoms. The third kappa shape index (κ3) is 2.89. The van der Waals surface area contributed by atoms with Crippen LogP contribution in [0.3, 0.4) is 0 Å². The highest BCUT2D eigenvalue weighted by Gasteiger charge is 2.12. The van der Waals surface area contributed by atoms with Crippen LogP contribution in [0.2, 0.25) is 5.15 Å². The number of rotatable bonds is 4. The van der Waals surface area contributed by atoms with Gasteiger partial charge in [-0.05, 0) is 12.5 Å². The zero-order valence-electron chi connectivity index (χ0n) is 10.2. The summed E-state index contributed by atoms with van der Waals surface area (Å²) < 4.78 is 0. The summed E-state index contributed by atoms with van der Waals surface area (Å²) >= 11 is 7.16. The van der Waals surface area contributed by atoms with Crippen LogP contribution in [0, 0.1) is 6.92 Å². The van der Waals surface area contributed by atoms with Gasteiger partial charge in [-0.3, -0.25) is 4.79 Å². The van der Waals surface area contributed by atoms with E-state index in [9.17, 15) is 4.79 Å². The van der Waals surface area contributed by atoms with E-state index in [1.807, 2.05) is 11.9 Å². The van der Waals surface area contributed by atoms with Gasteiger partial charge in [-0.15, -0.1) is 0 Å². The number of aromatic nitrogens is 1. The molecule has 2 rings (SSSR count). The van der Waals surface area contributed by atoms with E-state index in [1.165, 1.54) is 22.5 Å². The lowest BCUT2D eigenvalue weighted by molar-refractivity contribution is 0.112. The molecule has 0 spiro atoms. The van der Waals surface area contributed by atoms with Crippen LogP contribution in [-0.2, 0) is 6.54 Å². The normalized spacial score (nSPS) is 10.4. The van der Waals surface area contributed by atoms with Crippen LogP contribution in [0.5, 0.6) is 0 Å². The molecule has 18 heavy (non-hydrogen) atoms. The first-order chi connectivity index (χ1) is 8.60. The van der Waals surface area contributed by atoms with Crippen LogP contribution in [0.1, 0.15) is 20.8 Å². The topological polar surface area (TPSA) is 33.2 Å². The van der Waals surface area contributed by atoms with E-state index in [0.29, 0.717) is 4.88 Å². The average molecular weight is 281 g/mol. The number of hydrogen-bond donors (Lipinski definition) is 0. The van der Waals surface area contributed by atoms with E-state index in [2.05, 4.69) is 36.2 Å². The molecule has 0 atom stereocenters. The van der Waals surface area contributed by atoms with Crippen LogP contribution in [0.25, 0.3) is 0 Å². The molecule has 0 unspecified atom stereocenters. The first kappa shape index (κ1) is 13.1. The van der Waals surface area contributed by atoms with Gasteiger partial charge in [0, 0.05) is 13.6 Å². The molecule has 0 amide bonds. The van der Waals surface area contributed by atoms with Crippen LogP contribution in [0.15, 0.2) is 24.3 Å². The van der Waals surface area contributed by atoms with Gasteiger partial charge in [-0.25, -0.2) is 4.98 Å². The number of thiazole rings is 1. The fraction of sp³-hybridized carbons (Fsp3) is 0.231. The van der Waals surface area contributed by atoms with Crippen molar-refractivity contribution < 1.29 is 4.79 Å².